The van der Waals surface area contributed by atoms with Crippen molar-refractivity contribution in [3.63, 3.8) is 0 Å². The van der Waals surface area contributed by atoms with E-state index in [1.165, 1.54) is 6.42 Å². The fraction of sp³-hybridized carbons (Fsp3) is 0.417. The van der Waals surface area contributed by atoms with Crippen LogP contribution in [0.4, 0.5) is 0 Å². The van der Waals surface area contributed by atoms with Crippen molar-refractivity contribution >= 4 is 5.91 Å². The van der Waals surface area contributed by atoms with Gasteiger partial charge in [-0.3, -0.25) is 4.79 Å². The van der Waals surface area contributed by atoms with Gasteiger partial charge < -0.3 is 10.0 Å². The summed E-state index contributed by atoms with van der Waals surface area (Å²) in [5.74, 6) is 0.381. The zero-order valence-electron chi connectivity index (χ0n) is 8.44. The summed E-state index contributed by atoms with van der Waals surface area (Å²) in [5.41, 5.74) is 1.73. The van der Waals surface area contributed by atoms with Crippen LogP contribution in [-0.4, -0.2) is 22.0 Å². The Morgan fingerprint density at radius 3 is 2.80 bits per heavy atom. The van der Waals surface area contributed by atoms with Gasteiger partial charge in [-0.1, -0.05) is 0 Å². The van der Waals surface area contributed by atoms with E-state index in [1.807, 2.05) is 4.90 Å². The van der Waals surface area contributed by atoms with Gasteiger partial charge in [-0.25, -0.2) is 0 Å². The van der Waals surface area contributed by atoms with Crippen molar-refractivity contribution in [2.24, 2.45) is 0 Å². The lowest BCUT2D eigenvalue weighted by atomic mass is 9.92. The van der Waals surface area contributed by atoms with Gasteiger partial charge in [-0.15, -0.1) is 0 Å². The topological polar surface area (TPSA) is 40.5 Å². The van der Waals surface area contributed by atoms with E-state index in [-0.39, 0.29) is 11.7 Å². The van der Waals surface area contributed by atoms with Gasteiger partial charge in [0.1, 0.15) is 5.75 Å². The maximum Gasteiger partial charge on any atom is 0.254 e. The lowest BCUT2D eigenvalue weighted by Gasteiger charge is -2.34. The average Bonchev–Trinajstić information content (AvgIpc) is 2.41. The van der Waals surface area contributed by atoms with E-state index >= 15 is 0 Å². The second kappa shape index (κ2) is 2.99. The highest BCUT2D eigenvalue weighted by molar-refractivity contribution is 5.98. The van der Waals surface area contributed by atoms with Gasteiger partial charge in [-0.05, 0) is 43.0 Å². The van der Waals surface area contributed by atoms with Gasteiger partial charge in [0.15, 0.2) is 0 Å². The van der Waals surface area contributed by atoms with Crippen LogP contribution in [0, 0.1) is 0 Å². The molecule has 0 atom stereocenters. The number of benzene rings is 1. The minimum atomic E-state index is 0.134. The van der Waals surface area contributed by atoms with Crippen molar-refractivity contribution in [2.75, 3.05) is 0 Å². The molecule has 1 aliphatic carbocycles. The third-order valence-corrected chi connectivity index (χ3v) is 3.44. The van der Waals surface area contributed by atoms with Crippen LogP contribution >= 0.6 is 0 Å². The summed E-state index contributed by atoms with van der Waals surface area (Å²) in [6.07, 6.45) is 3.49. The Morgan fingerprint density at radius 1 is 1.33 bits per heavy atom. The van der Waals surface area contributed by atoms with Crippen LogP contribution in [0.1, 0.15) is 35.2 Å². The first-order valence-electron chi connectivity index (χ1n) is 5.38. The Labute approximate surface area is 88.3 Å². The summed E-state index contributed by atoms with van der Waals surface area (Å²) >= 11 is 0. The maximum atomic E-state index is 12.0. The number of carbonyl (C=O) groups is 1. The fourth-order valence-electron chi connectivity index (χ4n) is 2.32. The van der Waals surface area contributed by atoms with E-state index in [0.717, 1.165) is 24.0 Å². The molecule has 1 aromatic rings. The van der Waals surface area contributed by atoms with Crippen molar-refractivity contribution in [1.82, 2.24) is 4.90 Å². The second-order valence-electron chi connectivity index (χ2n) is 4.36. The zero-order chi connectivity index (χ0) is 10.4. The van der Waals surface area contributed by atoms with Crippen molar-refractivity contribution < 1.29 is 9.90 Å². The van der Waals surface area contributed by atoms with Crippen LogP contribution in [-0.2, 0) is 6.54 Å². The number of phenols is 1. The molecule has 0 unspecified atom stereocenters. The zero-order valence-corrected chi connectivity index (χ0v) is 8.44. The molecule has 3 rings (SSSR count). The summed E-state index contributed by atoms with van der Waals surface area (Å²) in [6.45, 7) is 0.674. The smallest absolute Gasteiger partial charge is 0.254 e. The van der Waals surface area contributed by atoms with E-state index in [2.05, 4.69) is 0 Å². The molecule has 3 heteroatoms. The lowest BCUT2D eigenvalue weighted by molar-refractivity contribution is 0.0606. The number of hydrogen-bond donors (Lipinski definition) is 1. The first-order chi connectivity index (χ1) is 7.25. The summed E-state index contributed by atoms with van der Waals surface area (Å²) in [4.78, 5) is 13.9. The molecule has 2 aliphatic rings. The second-order valence-corrected chi connectivity index (χ2v) is 4.36. The molecule has 3 nitrogen and oxygen atoms in total. The first kappa shape index (κ1) is 8.77. The van der Waals surface area contributed by atoms with Crippen LogP contribution < -0.4 is 0 Å². The number of fused-ring (bicyclic) bond motifs is 1. The molecule has 0 radical (unpaired) electrons. The molecular formula is C12H13NO2. The minimum Gasteiger partial charge on any atom is -0.508 e. The van der Waals surface area contributed by atoms with E-state index in [4.69, 9.17) is 0 Å². The molecule has 0 bridgehead atoms. The van der Waals surface area contributed by atoms with Crippen molar-refractivity contribution in [1.29, 1.82) is 0 Å². The molecule has 1 heterocycles. The minimum absolute atomic E-state index is 0.134. The highest BCUT2D eigenvalue weighted by Gasteiger charge is 2.35. The average molecular weight is 203 g/mol. The number of aromatic hydroxyl groups is 1. The summed E-state index contributed by atoms with van der Waals surface area (Å²) in [6, 6.07) is 5.45. The number of phenolic OH excluding ortho intramolecular Hbond substituents is 1. The summed E-state index contributed by atoms with van der Waals surface area (Å²) in [5, 5.41) is 9.35. The van der Waals surface area contributed by atoms with Crippen molar-refractivity contribution in [2.45, 2.75) is 31.8 Å². The summed E-state index contributed by atoms with van der Waals surface area (Å²) < 4.78 is 0. The molecule has 1 fully saturated rings. The van der Waals surface area contributed by atoms with Crippen LogP contribution in [0.5, 0.6) is 5.75 Å². The fourth-order valence-corrected chi connectivity index (χ4v) is 2.32. The molecule has 0 saturated heterocycles. The standard InChI is InChI=1S/C12H13NO2/c14-10-4-5-11-8(6-10)7-13(12(11)15)9-2-1-3-9/h4-6,9,14H,1-3,7H2. The summed E-state index contributed by atoms with van der Waals surface area (Å²) in [7, 11) is 0. The molecule has 1 aromatic carbocycles. The normalized spacial score (nSPS) is 20.3. The Hall–Kier alpha value is -1.51. The predicted molar refractivity (Wildman–Crippen MR) is 55.6 cm³/mol. The lowest BCUT2D eigenvalue weighted by Crippen LogP contribution is -2.40. The van der Waals surface area contributed by atoms with E-state index < -0.39 is 0 Å². The maximum absolute atomic E-state index is 12.0. The molecule has 0 spiro atoms. The molecule has 1 aliphatic heterocycles. The predicted octanol–water partition coefficient (Wildman–Crippen LogP) is 1.90. The van der Waals surface area contributed by atoms with Crippen LogP contribution in [0.2, 0.25) is 0 Å². The van der Waals surface area contributed by atoms with Crippen LogP contribution in [0.3, 0.4) is 0 Å². The van der Waals surface area contributed by atoms with Crippen molar-refractivity contribution in [3.05, 3.63) is 29.3 Å². The largest absolute Gasteiger partial charge is 0.508 e. The van der Waals surface area contributed by atoms with Gasteiger partial charge in [-0.2, -0.15) is 0 Å². The van der Waals surface area contributed by atoms with Crippen LogP contribution in [0.15, 0.2) is 18.2 Å². The molecule has 78 valence electrons. The number of nitrogens with zero attached hydrogens (tertiary/aromatic N) is 1. The Balaban J connectivity index is 1.94. The molecule has 1 amide bonds. The monoisotopic (exact) mass is 203 g/mol. The number of hydrogen-bond acceptors (Lipinski definition) is 2. The number of carbonyl (C=O) groups excluding carboxylic acids is 1. The van der Waals surface area contributed by atoms with Gasteiger partial charge in [0.25, 0.3) is 5.91 Å². The highest BCUT2D eigenvalue weighted by atomic mass is 16.3. The number of rotatable bonds is 1. The Kier molecular flexibility index (Phi) is 1.75. The first-order valence-corrected chi connectivity index (χ1v) is 5.38. The third-order valence-electron chi connectivity index (χ3n) is 3.44. The quantitative estimate of drug-likeness (QED) is 0.757. The number of amides is 1. The van der Waals surface area contributed by atoms with Gasteiger partial charge in [0, 0.05) is 18.2 Å². The van der Waals surface area contributed by atoms with E-state index in [9.17, 15) is 9.90 Å². The molecule has 15 heavy (non-hydrogen) atoms. The van der Waals surface area contributed by atoms with E-state index in [1.54, 1.807) is 18.2 Å². The molecular weight excluding hydrogens is 190 g/mol. The molecule has 0 aromatic heterocycles. The Bertz CT molecular complexity index is 424. The molecule has 1 saturated carbocycles. The van der Waals surface area contributed by atoms with Crippen molar-refractivity contribution in [3.8, 4) is 5.75 Å². The van der Waals surface area contributed by atoms with E-state index in [0.29, 0.717) is 12.6 Å². The van der Waals surface area contributed by atoms with Gasteiger partial charge in [0.05, 0.1) is 0 Å². The van der Waals surface area contributed by atoms with Gasteiger partial charge >= 0.3 is 0 Å². The molecule has 1 N–H and O–H groups in total. The SMILES string of the molecule is O=C1c2ccc(O)cc2CN1C1CCC1. The highest BCUT2D eigenvalue weighted by Crippen LogP contribution is 2.33. The Morgan fingerprint density at radius 2 is 2.13 bits per heavy atom. The van der Waals surface area contributed by atoms with Crippen LogP contribution in [0.25, 0.3) is 0 Å². The van der Waals surface area contributed by atoms with Gasteiger partial charge in [0.2, 0.25) is 0 Å². The third kappa shape index (κ3) is 1.23.